The minimum Gasteiger partial charge on any atom is -0.492 e. The molecule has 2 heteroatoms. The summed E-state index contributed by atoms with van der Waals surface area (Å²) in [4.78, 5) is 0. The fraction of sp³-hybridized carbons (Fsp3) is 0.571. The number of nitrogens with two attached hydrogens (primary N) is 1. The molecule has 0 spiro atoms. The van der Waals surface area contributed by atoms with Gasteiger partial charge in [-0.15, -0.1) is 0 Å². The molecule has 1 fully saturated rings. The zero-order valence-electron chi connectivity index (χ0n) is 10.4. The van der Waals surface area contributed by atoms with Crippen LogP contribution in [0.3, 0.4) is 0 Å². The molecule has 1 aromatic rings. The number of ether oxygens (including phenoxy) is 1. The maximum Gasteiger partial charge on any atom is 0.119 e. The Morgan fingerprint density at radius 3 is 2.56 bits per heavy atom. The summed E-state index contributed by atoms with van der Waals surface area (Å²) < 4.78 is 5.74. The van der Waals surface area contributed by atoms with E-state index in [1.165, 1.54) is 5.56 Å². The molecule has 0 aliphatic heterocycles. The highest BCUT2D eigenvalue weighted by atomic mass is 16.5. The molecule has 0 atom stereocenters. The van der Waals surface area contributed by atoms with Crippen molar-refractivity contribution < 1.29 is 4.74 Å². The second-order valence-corrected chi connectivity index (χ2v) is 5.93. The first-order chi connectivity index (χ1) is 7.39. The lowest BCUT2D eigenvalue weighted by Gasteiger charge is -2.20. The van der Waals surface area contributed by atoms with Gasteiger partial charge in [0, 0.05) is 0 Å². The van der Waals surface area contributed by atoms with Crippen molar-refractivity contribution in [1.29, 1.82) is 0 Å². The van der Waals surface area contributed by atoms with E-state index in [4.69, 9.17) is 10.5 Å². The Balaban J connectivity index is 2.04. The highest BCUT2D eigenvalue weighted by Gasteiger charge is 2.39. The average Bonchev–Trinajstić information content (AvgIpc) is 2.94. The van der Waals surface area contributed by atoms with Crippen molar-refractivity contribution in [3.63, 3.8) is 0 Å². The molecule has 2 rings (SSSR count). The molecular weight excluding hydrogens is 198 g/mol. The third-order valence-corrected chi connectivity index (χ3v) is 3.12. The Morgan fingerprint density at radius 2 is 2.00 bits per heavy atom. The zero-order chi connectivity index (χ0) is 11.8. The summed E-state index contributed by atoms with van der Waals surface area (Å²) in [7, 11) is 0. The van der Waals surface area contributed by atoms with Gasteiger partial charge in [0.2, 0.25) is 0 Å². The first-order valence-electron chi connectivity index (χ1n) is 5.91. The molecule has 16 heavy (non-hydrogen) atoms. The van der Waals surface area contributed by atoms with Crippen molar-refractivity contribution in [2.24, 2.45) is 5.73 Å². The number of rotatable bonds is 3. The lowest BCUT2D eigenvalue weighted by molar-refractivity contribution is 0.279. The number of hydrogen-bond donors (Lipinski definition) is 1. The fourth-order valence-electron chi connectivity index (χ4n) is 1.58. The topological polar surface area (TPSA) is 35.2 Å². The third-order valence-electron chi connectivity index (χ3n) is 3.12. The Morgan fingerprint density at radius 1 is 1.31 bits per heavy atom. The summed E-state index contributed by atoms with van der Waals surface area (Å²) in [6.07, 6.45) is 2.18. The summed E-state index contributed by atoms with van der Waals surface area (Å²) in [5.41, 5.74) is 7.41. The van der Waals surface area contributed by atoms with E-state index in [-0.39, 0.29) is 11.0 Å². The van der Waals surface area contributed by atoms with Crippen molar-refractivity contribution in [2.75, 3.05) is 6.61 Å². The first kappa shape index (κ1) is 11.5. The lowest BCUT2D eigenvalue weighted by atomic mass is 9.87. The molecule has 0 aromatic heterocycles. The molecule has 2 N–H and O–H groups in total. The van der Waals surface area contributed by atoms with Crippen LogP contribution in [-0.4, -0.2) is 12.1 Å². The standard InChI is InChI=1S/C14H21NO/c1-13(2,3)11-5-4-6-12(9-11)16-10-14(15)7-8-14/h4-6,9H,7-8,10,15H2,1-3H3. The van der Waals surface area contributed by atoms with Gasteiger partial charge in [-0.1, -0.05) is 32.9 Å². The van der Waals surface area contributed by atoms with E-state index in [0.717, 1.165) is 18.6 Å². The summed E-state index contributed by atoms with van der Waals surface area (Å²) in [5.74, 6) is 0.934. The van der Waals surface area contributed by atoms with Crippen molar-refractivity contribution >= 4 is 0 Å². The number of hydrogen-bond acceptors (Lipinski definition) is 2. The molecule has 1 aliphatic carbocycles. The Labute approximate surface area is 97.8 Å². The molecule has 1 aromatic carbocycles. The molecule has 0 amide bonds. The second-order valence-electron chi connectivity index (χ2n) is 5.93. The van der Waals surface area contributed by atoms with Crippen molar-refractivity contribution in [3.05, 3.63) is 29.8 Å². The van der Waals surface area contributed by atoms with E-state index in [0.29, 0.717) is 6.61 Å². The molecule has 0 saturated heterocycles. The van der Waals surface area contributed by atoms with Crippen molar-refractivity contribution in [2.45, 2.75) is 44.6 Å². The molecule has 88 valence electrons. The van der Waals surface area contributed by atoms with Gasteiger partial charge in [0.05, 0.1) is 5.54 Å². The molecule has 0 radical (unpaired) electrons. The van der Waals surface area contributed by atoms with Crippen LogP contribution in [-0.2, 0) is 5.41 Å². The Hall–Kier alpha value is -1.02. The van der Waals surface area contributed by atoms with E-state index in [1.807, 2.05) is 12.1 Å². The van der Waals surface area contributed by atoms with Crippen LogP contribution in [0.15, 0.2) is 24.3 Å². The lowest BCUT2D eigenvalue weighted by Crippen LogP contribution is -2.29. The van der Waals surface area contributed by atoms with E-state index < -0.39 is 0 Å². The molecule has 1 saturated carbocycles. The summed E-state index contributed by atoms with van der Waals surface area (Å²) in [5, 5.41) is 0. The van der Waals surface area contributed by atoms with Crippen LogP contribution < -0.4 is 10.5 Å². The normalized spacial score (nSPS) is 18.2. The van der Waals surface area contributed by atoms with Crippen LogP contribution in [0.5, 0.6) is 5.75 Å². The highest BCUT2D eigenvalue weighted by Crippen LogP contribution is 2.33. The summed E-state index contributed by atoms with van der Waals surface area (Å²) >= 11 is 0. The second kappa shape index (κ2) is 3.77. The first-order valence-corrected chi connectivity index (χ1v) is 5.91. The minimum absolute atomic E-state index is 0.0439. The quantitative estimate of drug-likeness (QED) is 0.848. The van der Waals surface area contributed by atoms with Crippen molar-refractivity contribution in [3.8, 4) is 5.75 Å². The van der Waals surface area contributed by atoms with Gasteiger partial charge in [0.1, 0.15) is 12.4 Å². The van der Waals surface area contributed by atoms with Crippen LogP contribution in [0.1, 0.15) is 39.2 Å². The smallest absolute Gasteiger partial charge is 0.119 e. The van der Waals surface area contributed by atoms with Gasteiger partial charge in [0.25, 0.3) is 0 Å². The van der Waals surface area contributed by atoms with Gasteiger partial charge in [-0.2, -0.15) is 0 Å². The van der Waals surface area contributed by atoms with Crippen molar-refractivity contribution in [1.82, 2.24) is 0 Å². The maximum atomic E-state index is 5.99. The predicted octanol–water partition coefficient (Wildman–Crippen LogP) is 2.85. The maximum absolute atomic E-state index is 5.99. The monoisotopic (exact) mass is 219 g/mol. The molecule has 0 bridgehead atoms. The van der Waals surface area contributed by atoms with Crippen LogP contribution in [0, 0.1) is 0 Å². The van der Waals surface area contributed by atoms with Gasteiger partial charge in [-0.3, -0.25) is 0 Å². The van der Waals surface area contributed by atoms with Crippen LogP contribution >= 0.6 is 0 Å². The van der Waals surface area contributed by atoms with E-state index in [9.17, 15) is 0 Å². The van der Waals surface area contributed by atoms with Crippen LogP contribution in [0.4, 0.5) is 0 Å². The van der Waals surface area contributed by atoms with E-state index in [1.54, 1.807) is 0 Å². The Kier molecular flexibility index (Phi) is 2.70. The summed E-state index contributed by atoms with van der Waals surface area (Å²) in [6, 6.07) is 8.31. The fourth-order valence-corrected chi connectivity index (χ4v) is 1.58. The van der Waals surface area contributed by atoms with Gasteiger partial charge in [-0.25, -0.2) is 0 Å². The Bertz CT molecular complexity index is 375. The summed E-state index contributed by atoms with van der Waals surface area (Å²) in [6.45, 7) is 7.26. The SMILES string of the molecule is CC(C)(C)c1cccc(OCC2(N)CC2)c1. The van der Waals surface area contributed by atoms with Gasteiger partial charge < -0.3 is 10.5 Å². The van der Waals surface area contributed by atoms with Crippen LogP contribution in [0.2, 0.25) is 0 Å². The minimum atomic E-state index is -0.0439. The van der Waals surface area contributed by atoms with Crippen LogP contribution in [0.25, 0.3) is 0 Å². The molecule has 0 unspecified atom stereocenters. The number of benzene rings is 1. The van der Waals surface area contributed by atoms with Gasteiger partial charge >= 0.3 is 0 Å². The average molecular weight is 219 g/mol. The largest absolute Gasteiger partial charge is 0.492 e. The molecule has 0 heterocycles. The zero-order valence-corrected chi connectivity index (χ0v) is 10.4. The predicted molar refractivity (Wildman–Crippen MR) is 66.8 cm³/mol. The highest BCUT2D eigenvalue weighted by molar-refractivity contribution is 5.32. The van der Waals surface area contributed by atoms with Gasteiger partial charge in [-0.05, 0) is 36.0 Å². The van der Waals surface area contributed by atoms with E-state index >= 15 is 0 Å². The molecular formula is C14H21NO. The van der Waals surface area contributed by atoms with E-state index in [2.05, 4.69) is 32.9 Å². The third kappa shape index (κ3) is 2.76. The van der Waals surface area contributed by atoms with Gasteiger partial charge in [0.15, 0.2) is 0 Å². The molecule has 2 nitrogen and oxygen atoms in total. The molecule has 1 aliphatic rings.